The fraction of sp³-hybridized carbons (Fsp3) is 0.300. The number of aldehydes is 1. The summed E-state index contributed by atoms with van der Waals surface area (Å²) in [6.07, 6.45) is 4.04. The third kappa shape index (κ3) is 1.69. The lowest BCUT2D eigenvalue weighted by Crippen LogP contribution is -1.96. The lowest BCUT2D eigenvalue weighted by molar-refractivity contribution is 0.112. The lowest BCUT2D eigenvalue weighted by Gasteiger charge is -2.02. The molecule has 0 aliphatic carbocycles. The summed E-state index contributed by atoms with van der Waals surface area (Å²) in [5.41, 5.74) is 1.11. The summed E-state index contributed by atoms with van der Waals surface area (Å²) in [7, 11) is 3.52. The number of nitrogens with zero attached hydrogens (tertiary/aromatic N) is 4. The molecule has 84 valence electrons. The van der Waals surface area contributed by atoms with Crippen LogP contribution in [0.5, 0.6) is 11.6 Å². The van der Waals surface area contributed by atoms with Crippen molar-refractivity contribution < 1.29 is 9.53 Å². The van der Waals surface area contributed by atoms with Crippen LogP contribution in [-0.2, 0) is 14.1 Å². The molecular formula is C10H12N4O2. The maximum atomic E-state index is 10.9. The Morgan fingerprint density at radius 1 is 1.44 bits per heavy atom. The first-order valence-corrected chi connectivity index (χ1v) is 4.77. The molecule has 0 aliphatic heterocycles. The molecule has 0 atom stereocenters. The first kappa shape index (κ1) is 10.4. The fourth-order valence-corrected chi connectivity index (χ4v) is 1.47. The van der Waals surface area contributed by atoms with Crippen LogP contribution in [0, 0.1) is 6.92 Å². The number of aryl methyl sites for hydroxylation is 3. The van der Waals surface area contributed by atoms with E-state index in [4.69, 9.17) is 4.74 Å². The third-order valence-electron chi connectivity index (χ3n) is 2.23. The minimum atomic E-state index is 0.431. The fourth-order valence-electron chi connectivity index (χ4n) is 1.47. The predicted octanol–water partition coefficient (Wildman–Crippen LogP) is 1.07. The lowest BCUT2D eigenvalue weighted by atomic mass is 10.3. The molecule has 2 rings (SSSR count). The van der Waals surface area contributed by atoms with Crippen LogP contribution in [0.3, 0.4) is 0 Å². The zero-order valence-corrected chi connectivity index (χ0v) is 9.34. The summed E-state index contributed by atoms with van der Waals surface area (Å²) < 4.78 is 8.72. The molecule has 2 heterocycles. The van der Waals surface area contributed by atoms with Crippen molar-refractivity contribution in [3.05, 3.63) is 23.7 Å². The van der Waals surface area contributed by atoms with Gasteiger partial charge in [-0.05, 0) is 6.92 Å². The summed E-state index contributed by atoms with van der Waals surface area (Å²) in [5, 5.41) is 8.10. The van der Waals surface area contributed by atoms with Crippen molar-refractivity contribution in [1.82, 2.24) is 19.6 Å². The van der Waals surface area contributed by atoms with Crippen molar-refractivity contribution in [2.45, 2.75) is 6.92 Å². The highest BCUT2D eigenvalue weighted by molar-refractivity contribution is 5.80. The van der Waals surface area contributed by atoms with E-state index in [1.165, 1.54) is 4.68 Å². The second-order valence-electron chi connectivity index (χ2n) is 3.50. The molecule has 0 N–H and O–H groups in total. The van der Waals surface area contributed by atoms with Crippen LogP contribution in [0.1, 0.15) is 16.1 Å². The number of rotatable bonds is 3. The molecule has 0 spiro atoms. The molecular weight excluding hydrogens is 208 g/mol. The molecule has 2 aromatic heterocycles. The number of carbonyl (C=O) groups is 1. The van der Waals surface area contributed by atoms with E-state index in [1.807, 2.05) is 0 Å². The molecule has 0 amide bonds. The standard InChI is InChI=1S/C10H12N4O2/c1-7-9(6-15)10(14(3)12-7)16-8-4-11-13(2)5-8/h4-6H,1-3H3. The Labute approximate surface area is 92.4 Å². The van der Waals surface area contributed by atoms with Gasteiger partial charge in [0.15, 0.2) is 12.0 Å². The Kier molecular flexibility index (Phi) is 2.47. The molecule has 0 saturated carbocycles. The van der Waals surface area contributed by atoms with Crippen molar-refractivity contribution in [1.29, 1.82) is 0 Å². The van der Waals surface area contributed by atoms with E-state index in [-0.39, 0.29) is 0 Å². The first-order valence-electron chi connectivity index (χ1n) is 4.77. The van der Waals surface area contributed by atoms with Gasteiger partial charge in [-0.1, -0.05) is 0 Å². The van der Waals surface area contributed by atoms with E-state index in [1.54, 1.807) is 38.1 Å². The molecule has 0 saturated heterocycles. The molecule has 2 aromatic rings. The van der Waals surface area contributed by atoms with Gasteiger partial charge in [0.1, 0.15) is 0 Å². The van der Waals surface area contributed by atoms with E-state index in [2.05, 4.69) is 10.2 Å². The molecule has 0 radical (unpaired) electrons. The van der Waals surface area contributed by atoms with Crippen LogP contribution in [0.4, 0.5) is 0 Å². The maximum Gasteiger partial charge on any atom is 0.228 e. The number of hydrogen-bond acceptors (Lipinski definition) is 4. The van der Waals surface area contributed by atoms with Gasteiger partial charge in [0.2, 0.25) is 5.88 Å². The van der Waals surface area contributed by atoms with Crippen molar-refractivity contribution in [3.63, 3.8) is 0 Å². The molecule has 0 aromatic carbocycles. The topological polar surface area (TPSA) is 61.9 Å². The molecule has 0 bridgehead atoms. The smallest absolute Gasteiger partial charge is 0.228 e. The van der Waals surface area contributed by atoms with E-state index >= 15 is 0 Å². The van der Waals surface area contributed by atoms with Gasteiger partial charge in [0, 0.05) is 14.1 Å². The van der Waals surface area contributed by atoms with Gasteiger partial charge in [0.05, 0.1) is 23.7 Å². The molecule has 0 unspecified atom stereocenters. The molecule has 6 heteroatoms. The van der Waals surface area contributed by atoms with Gasteiger partial charge >= 0.3 is 0 Å². The molecule has 16 heavy (non-hydrogen) atoms. The Morgan fingerprint density at radius 2 is 2.19 bits per heavy atom. The average molecular weight is 220 g/mol. The van der Waals surface area contributed by atoms with Crippen molar-refractivity contribution in [2.75, 3.05) is 0 Å². The van der Waals surface area contributed by atoms with Crippen LogP contribution in [0.15, 0.2) is 12.4 Å². The summed E-state index contributed by atoms with van der Waals surface area (Å²) in [6, 6.07) is 0. The van der Waals surface area contributed by atoms with Crippen LogP contribution in [0.25, 0.3) is 0 Å². The van der Waals surface area contributed by atoms with Gasteiger partial charge in [-0.3, -0.25) is 9.48 Å². The zero-order chi connectivity index (χ0) is 11.7. The minimum Gasteiger partial charge on any atom is -0.435 e. The summed E-state index contributed by atoms with van der Waals surface area (Å²) in [4.78, 5) is 10.9. The summed E-state index contributed by atoms with van der Waals surface area (Å²) in [6.45, 7) is 1.76. The van der Waals surface area contributed by atoms with Gasteiger partial charge < -0.3 is 4.74 Å². The number of carbonyl (C=O) groups excluding carboxylic acids is 1. The summed E-state index contributed by atoms with van der Waals surface area (Å²) >= 11 is 0. The van der Waals surface area contributed by atoms with Crippen molar-refractivity contribution in [2.24, 2.45) is 14.1 Å². The number of aromatic nitrogens is 4. The van der Waals surface area contributed by atoms with E-state index < -0.39 is 0 Å². The van der Waals surface area contributed by atoms with Gasteiger partial charge in [-0.2, -0.15) is 10.2 Å². The maximum absolute atomic E-state index is 10.9. The normalized spacial score (nSPS) is 10.4. The molecule has 0 fully saturated rings. The summed E-state index contributed by atoms with van der Waals surface area (Å²) in [5.74, 6) is 1.01. The number of hydrogen-bond donors (Lipinski definition) is 0. The Hall–Kier alpha value is -2.11. The van der Waals surface area contributed by atoms with E-state index in [0.717, 1.165) is 6.29 Å². The van der Waals surface area contributed by atoms with Crippen LogP contribution >= 0.6 is 0 Å². The average Bonchev–Trinajstić information content (AvgIpc) is 2.73. The Balaban J connectivity index is 2.37. The quantitative estimate of drug-likeness (QED) is 0.726. The van der Waals surface area contributed by atoms with Gasteiger partial charge in [-0.25, -0.2) is 4.68 Å². The van der Waals surface area contributed by atoms with Gasteiger partial charge in [-0.15, -0.1) is 0 Å². The monoisotopic (exact) mass is 220 g/mol. The number of ether oxygens (including phenoxy) is 1. The van der Waals surface area contributed by atoms with Crippen LogP contribution in [-0.4, -0.2) is 25.8 Å². The third-order valence-corrected chi connectivity index (χ3v) is 2.23. The van der Waals surface area contributed by atoms with E-state index in [0.29, 0.717) is 22.9 Å². The van der Waals surface area contributed by atoms with Crippen LogP contribution < -0.4 is 4.74 Å². The van der Waals surface area contributed by atoms with E-state index in [9.17, 15) is 4.79 Å². The van der Waals surface area contributed by atoms with Gasteiger partial charge in [0.25, 0.3) is 0 Å². The SMILES string of the molecule is Cc1nn(C)c(Oc2cnn(C)c2)c1C=O. The van der Waals surface area contributed by atoms with Crippen molar-refractivity contribution >= 4 is 6.29 Å². The largest absolute Gasteiger partial charge is 0.435 e. The minimum absolute atomic E-state index is 0.431. The second-order valence-corrected chi connectivity index (χ2v) is 3.50. The first-order chi connectivity index (χ1) is 7.61. The van der Waals surface area contributed by atoms with Crippen LogP contribution in [0.2, 0.25) is 0 Å². The highest BCUT2D eigenvalue weighted by atomic mass is 16.5. The highest BCUT2D eigenvalue weighted by Crippen LogP contribution is 2.25. The second kappa shape index (κ2) is 3.80. The predicted molar refractivity (Wildman–Crippen MR) is 56.6 cm³/mol. The molecule has 0 aliphatic rings. The highest BCUT2D eigenvalue weighted by Gasteiger charge is 2.15. The Morgan fingerprint density at radius 3 is 2.75 bits per heavy atom. The van der Waals surface area contributed by atoms with Crippen molar-refractivity contribution in [3.8, 4) is 11.6 Å². The molecule has 6 nitrogen and oxygen atoms in total. The Bertz CT molecular complexity index is 527. The zero-order valence-electron chi connectivity index (χ0n) is 9.34.